The molecule has 0 spiro atoms. The lowest BCUT2D eigenvalue weighted by molar-refractivity contribution is 0.293. The van der Waals surface area contributed by atoms with Crippen LogP contribution in [0, 0.1) is 0 Å². The molecule has 1 unspecified atom stereocenters. The first-order valence-corrected chi connectivity index (χ1v) is 9.46. The first-order chi connectivity index (χ1) is 13.6. The van der Waals surface area contributed by atoms with Crippen LogP contribution in [0.5, 0.6) is 11.5 Å². The molecular weight excluding hydrogens is 402 g/mol. The Hall–Kier alpha value is -2.37. The molecule has 2 aromatic heterocycles. The topological polar surface area (TPSA) is 44.2 Å². The lowest BCUT2D eigenvalue weighted by Crippen LogP contribution is -2.05. The third-order valence-electron chi connectivity index (χ3n) is 4.23. The number of aromatic nitrogens is 2. The van der Waals surface area contributed by atoms with Crippen molar-refractivity contribution in [3.8, 4) is 11.5 Å². The van der Waals surface area contributed by atoms with Crippen molar-refractivity contribution in [2.75, 3.05) is 13.7 Å². The molecule has 0 aliphatic heterocycles. The van der Waals surface area contributed by atoms with Crippen molar-refractivity contribution in [2.45, 2.75) is 19.0 Å². The van der Waals surface area contributed by atoms with Crippen LogP contribution in [-0.2, 0) is 12.8 Å². The summed E-state index contributed by atoms with van der Waals surface area (Å²) in [5, 5.41) is 0.686. The zero-order valence-electron chi connectivity index (χ0n) is 15.2. The quantitative estimate of drug-likeness (QED) is 0.470. The number of rotatable bonds is 8. The maximum Gasteiger partial charge on any atom is 0.161 e. The summed E-state index contributed by atoms with van der Waals surface area (Å²) in [6.07, 6.45) is 4.02. The summed E-state index contributed by atoms with van der Waals surface area (Å²) in [7, 11) is 1.55. The maximum absolute atomic E-state index is 14.9. The van der Waals surface area contributed by atoms with E-state index in [1.807, 2.05) is 18.2 Å². The first kappa shape index (κ1) is 20.4. The van der Waals surface area contributed by atoms with Crippen molar-refractivity contribution in [3.05, 3.63) is 81.9 Å². The van der Waals surface area contributed by atoms with Crippen molar-refractivity contribution < 1.29 is 13.9 Å². The van der Waals surface area contributed by atoms with Crippen LogP contribution in [0.25, 0.3) is 0 Å². The zero-order chi connectivity index (χ0) is 19.9. The number of nitrogens with zero attached hydrogens (tertiary/aromatic N) is 2. The number of benzene rings is 1. The molecule has 0 fully saturated rings. The maximum atomic E-state index is 14.9. The largest absolute Gasteiger partial charge is 0.493 e. The van der Waals surface area contributed by atoms with E-state index in [1.54, 1.807) is 31.5 Å². The molecule has 0 N–H and O–H groups in total. The molecule has 0 amide bonds. The molecule has 28 heavy (non-hydrogen) atoms. The fourth-order valence-electron chi connectivity index (χ4n) is 2.74. The van der Waals surface area contributed by atoms with Crippen LogP contribution in [0.15, 0.2) is 55.0 Å². The van der Waals surface area contributed by atoms with Crippen LogP contribution < -0.4 is 9.47 Å². The SMILES string of the molecule is COc1ccc(C(F)Cc2c(Cl)cncc2Cl)cc1OCCc1ccccn1. The number of methoxy groups -OCH3 is 1. The van der Waals surface area contributed by atoms with Gasteiger partial charge in [0.1, 0.15) is 6.17 Å². The fraction of sp³-hybridized carbons (Fsp3) is 0.238. The van der Waals surface area contributed by atoms with Crippen LogP contribution in [-0.4, -0.2) is 23.7 Å². The Balaban J connectivity index is 1.72. The Kier molecular flexibility index (Phi) is 7.06. The van der Waals surface area contributed by atoms with Crippen LogP contribution in [0.4, 0.5) is 4.39 Å². The van der Waals surface area contributed by atoms with Crippen LogP contribution in [0.2, 0.25) is 10.0 Å². The highest BCUT2D eigenvalue weighted by molar-refractivity contribution is 6.35. The zero-order valence-corrected chi connectivity index (χ0v) is 16.8. The average Bonchev–Trinajstić information content (AvgIpc) is 2.71. The molecule has 0 aliphatic rings. The first-order valence-electron chi connectivity index (χ1n) is 8.71. The molecule has 3 aromatic rings. The summed E-state index contributed by atoms with van der Waals surface area (Å²) in [5.74, 6) is 1.02. The number of hydrogen-bond acceptors (Lipinski definition) is 4. The molecule has 1 aromatic carbocycles. The second-order valence-electron chi connectivity index (χ2n) is 6.08. The molecule has 0 bridgehead atoms. The third-order valence-corrected chi connectivity index (χ3v) is 4.88. The molecule has 1 atom stereocenters. The Morgan fingerprint density at radius 2 is 1.86 bits per heavy atom. The Labute approximate surface area is 173 Å². The predicted molar refractivity (Wildman–Crippen MR) is 108 cm³/mol. The van der Waals surface area contributed by atoms with Crippen molar-refractivity contribution in [1.82, 2.24) is 9.97 Å². The van der Waals surface area contributed by atoms with Gasteiger partial charge in [0.05, 0.1) is 23.8 Å². The van der Waals surface area contributed by atoms with Crippen molar-refractivity contribution in [2.24, 2.45) is 0 Å². The van der Waals surface area contributed by atoms with E-state index < -0.39 is 6.17 Å². The second-order valence-corrected chi connectivity index (χ2v) is 6.90. The molecule has 0 aliphatic carbocycles. The monoisotopic (exact) mass is 420 g/mol. The number of ether oxygens (including phenoxy) is 2. The number of halogens is 3. The standard InChI is InChI=1S/C21H19Cl2FN2O2/c1-27-20-6-5-14(19(24)11-16-17(22)12-25-13-18(16)23)10-21(20)28-9-7-15-4-2-3-8-26-15/h2-6,8,10,12-13,19H,7,9,11H2,1H3. The molecule has 7 heteroatoms. The van der Waals surface area contributed by atoms with Crippen LogP contribution in [0.3, 0.4) is 0 Å². The lowest BCUT2D eigenvalue weighted by atomic mass is 10.0. The minimum Gasteiger partial charge on any atom is -0.493 e. The Morgan fingerprint density at radius 3 is 2.54 bits per heavy atom. The fourth-order valence-corrected chi connectivity index (χ4v) is 3.26. The van der Waals surface area contributed by atoms with Gasteiger partial charge in [-0.25, -0.2) is 4.39 Å². The highest BCUT2D eigenvalue weighted by atomic mass is 35.5. The molecule has 0 saturated carbocycles. The summed E-state index contributed by atoms with van der Waals surface area (Å²) in [4.78, 5) is 8.15. The van der Waals surface area contributed by atoms with E-state index in [9.17, 15) is 4.39 Å². The second kappa shape index (κ2) is 9.71. The average molecular weight is 421 g/mol. The molecule has 0 radical (unpaired) electrons. The molecule has 0 saturated heterocycles. The third kappa shape index (κ3) is 5.12. The molecule has 2 heterocycles. The van der Waals surface area contributed by atoms with Gasteiger partial charge in [0, 0.05) is 37.1 Å². The molecule has 146 valence electrons. The summed E-state index contributed by atoms with van der Waals surface area (Å²) < 4.78 is 26.1. The highest BCUT2D eigenvalue weighted by Crippen LogP contribution is 2.35. The number of alkyl halides is 1. The minimum absolute atomic E-state index is 0.0416. The highest BCUT2D eigenvalue weighted by Gasteiger charge is 2.18. The summed E-state index contributed by atoms with van der Waals surface area (Å²) >= 11 is 12.2. The summed E-state index contributed by atoms with van der Waals surface area (Å²) in [6, 6.07) is 10.7. The normalized spacial score (nSPS) is 11.9. The van der Waals surface area contributed by atoms with Gasteiger partial charge < -0.3 is 9.47 Å². The van der Waals surface area contributed by atoms with Crippen molar-refractivity contribution in [1.29, 1.82) is 0 Å². The van der Waals surface area contributed by atoms with Gasteiger partial charge in [-0.3, -0.25) is 9.97 Å². The van der Waals surface area contributed by atoms with E-state index in [2.05, 4.69) is 9.97 Å². The number of hydrogen-bond donors (Lipinski definition) is 0. The molecular formula is C21H19Cl2FN2O2. The Morgan fingerprint density at radius 1 is 1.07 bits per heavy atom. The van der Waals surface area contributed by atoms with Gasteiger partial charge in [0.2, 0.25) is 0 Å². The van der Waals surface area contributed by atoms with Gasteiger partial charge in [-0.15, -0.1) is 0 Å². The van der Waals surface area contributed by atoms with E-state index >= 15 is 0 Å². The van der Waals surface area contributed by atoms with Gasteiger partial charge in [-0.2, -0.15) is 0 Å². The van der Waals surface area contributed by atoms with E-state index in [0.717, 1.165) is 5.69 Å². The van der Waals surface area contributed by atoms with E-state index in [0.29, 0.717) is 45.7 Å². The summed E-state index contributed by atoms with van der Waals surface area (Å²) in [6.45, 7) is 0.399. The van der Waals surface area contributed by atoms with Crippen molar-refractivity contribution >= 4 is 23.2 Å². The van der Waals surface area contributed by atoms with E-state index in [-0.39, 0.29) is 6.42 Å². The van der Waals surface area contributed by atoms with E-state index in [1.165, 1.54) is 12.4 Å². The van der Waals surface area contributed by atoms with E-state index in [4.69, 9.17) is 32.7 Å². The summed E-state index contributed by atoms with van der Waals surface area (Å²) in [5.41, 5.74) is 1.90. The van der Waals surface area contributed by atoms with Gasteiger partial charge in [-0.05, 0) is 35.4 Å². The predicted octanol–water partition coefficient (Wildman–Crippen LogP) is 5.67. The van der Waals surface area contributed by atoms with Crippen LogP contribution in [0.1, 0.15) is 23.0 Å². The number of pyridine rings is 2. The Bertz CT molecular complexity index is 905. The van der Waals surface area contributed by atoms with Gasteiger partial charge >= 0.3 is 0 Å². The minimum atomic E-state index is -1.30. The lowest BCUT2D eigenvalue weighted by Gasteiger charge is -2.15. The van der Waals surface area contributed by atoms with Crippen molar-refractivity contribution in [3.63, 3.8) is 0 Å². The van der Waals surface area contributed by atoms with Gasteiger partial charge in [0.25, 0.3) is 0 Å². The van der Waals surface area contributed by atoms with Gasteiger partial charge in [0.15, 0.2) is 11.5 Å². The molecule has 4 nitrogen and oxygen atoms in total. The van der Waals surface area contributed by atoms with Crippen LogP contribution >= 0.6 is 23.2 Å². The van der Waals surface area contributed by atoms with Gasteiger partial charge in [-0.1, -0.05) is 35.3 Å². The molecule has 3 rings (SSSR count). The smallest absolute Gasteiger partial charge is 0.161 e.